The van der Waals surface area contributed by atoms with Crippen molar-refractivity contribution in [1.82, 2.24) is 4.90 Å². The molecule has 1 rings (SSSR count). The first-order chi connectivity index (χ1) is 8.45. The molecule has 1 aliphatic rings. The van der Waals surface area contributed by atoms with Crippen LogP contribution < -0.4 is 0 Å². The van der Waals surface area contributed by atoms with Crippen molar-refractivity contribution < 1.29 is 14.7 Å². The summed E-state index contributed by atoms with van der Waals surface area (Å²) in [6.07, 6.45) is 2.97. The molecule has 1 aliphatic heterocycles. The Labute approximate surface area is 116 Å². The fraction of sp³-hybridized carbons (Fsp3) is 0.417. The maximum atomic E-state index is 12.0. The van der Waals surface area contributed by atoms with E-state index in [0.717, 1.165) is 12.0 Å². The van der Waals surface area contributed by atoms with Gasteiger partial charge >= 0.3 is 5.97 Å². The summed E-state index contributed by atoms with van der Waals surface area (Å²) < 4.78 is 0.487. The van der Waals surface area contributed by atoms with Crippen LogP contribution in [0.5, 0.6) is 0 Å². The number of hydrogen-bond donors (Lipinski definition) is 1. The molecule has 0 spiro atoms. The predicted octanol–water partition coefficient (Wildman–Crippen LogP) is 2.56. The average Bonchev–Trinajstić information content (AvgIpc) is 2.56. The number of nitrogens with zero attached hydrogens (tertiary/aromatic N) is 1. The van der Waals surface area contributed by atoms with Crippen molar-refractivity contribution >= 4 is 40.2 Å². The van der Waals surface area contributed by atoms with Crippen molar-refractivity contribution in [1.29, 1.82) is 0 Å². The van der Waals surface area contributed by atoms with Gasteiger partial charge in [0.2, 0.25) is 0 Å². The van der Waals surface area contributed by atoms with E-state index in [1.54, 1.807) is 6.08 Å². The molecule has 4 nitrogen and oxygen atoms in total. The normalized spacial score (nSPS) is 17.6. The van der Waals surface area contributed by atoms with Crippen molar-refractivity contribution in [3.8, 4) is 0 Å². The molecule has 0 aromatic carbocycles. The summed E-state index contributed by atoms with van der Waals surface area (Å²) in [5.74, 6) is -1.01. The van der Waals surface area contributed by atoms with E-state index in [9.17, 15) is 9.59 Å². The molecule has 1 amide bonds. The van der Waals surface area contributed by atoms with E-state index in [2.05, 4.69) is 6.58 Å². The standard InChI is InChI=1S/C12H15NO3S2/c1-3-8(2)7-9-11(16)13(12(17)18-9)6-4-5-10(14)15/h7H,2-6H2,1H3,(H,14,15). The van der Waals surface area contributed by atoms with E-state index in [1.807, 2.05) is 6.92 Å². The quantitative estimate of drug-likeness (QED) is 0.600. The zero-order valence-corrected chi connectivity index (χ0v) is 11.8. The Kier molecular flexibility index (Phi) is 5.55. The third kappa shape index (κ3) is 3.96. The molecule has 0 unspecified atom stereocenters. The van der Waals surface area contributed by atoms with E-state index < -0.39 is 5.97 Å². The molecule has 0 aliphatic carbocycles. The molecule has 1 saturated heterocycles. The lowest BCUT2D eigenvalue weighted by atomic mass is 10.2. The van der Waals surface area contributed by atoms with Crippen LogP contribution in [-0.2, 0) is 9.59 Å². The molecule has 0 bridgehead atoms. The number of carboxylic acid groups (broad SMARTS) is 1. The van der Waals surface area contributed by atoms with E-state index in [0.29, 0.717) is 22.2 Å². The van der Waals surface area contributed by atoms with Gasteiger partial charge in [-0.05, 0) is 18.9 Å². The second kappa shape index (κ2) is 6.70. The summed E-state index contributed by atoms with van der Waals surface area (Å²) in [6, 6.07) is 0. The predicted molar refractivity (Wildman–Crippen MR) is 76.3 cm³/mol. The minimum absolute atomic E-state index is 0.0395. The Balaban J connectivity index is 2.64. The van der Waals surface area contributed by atoms with Crippen molar-refractivity contribution in [2.45, 2.75) is 26.2 Å². The number of thiocarbonyl (C=S) groups is 1. The highest BCUT2D eigenvalue weighted by Crippen LogP contribution is 2.32. The molecule has 1 fully saturated rings. The number of thioether (sulfide) groups is 1. The summed E-state index contributed by atoms with van der Waals surface area (Å²) in [5.41, 5.74) is 0.876. The molecule has 6 heteroatoms. The Bertz CT molecular complexity index is 429. The maximum Gasteiger partial charge on any atom is 0.303 e. The van der Waals surface area contributed by atoms with E-state index in [4.69, 9.17) is 17.3 Å². The van der Waals surface area contributed by atoms with Gasteiger partial charge in [-0.25, -0.2) is 0 Å². The molecule has 0 radical (unpaired) electrons. The van der Waals surface area contributed by atoms with Crippen molar-refractivity contribution in [2.75, 3.05) is 6.54 Å². The number of rotatable bonds is 6. The number of carboxylic acids is 1. The summed E-state index contributed by atoms with van der Waals surface area (Å²) in [4.78, 5) is 24.5. The minimum atomic E-state index is -0.865. The third-order valence-corrected chi connectivity index (χ3v) is 3.81. The summed E-state index contributed by atoms with van der Waals surface area (Å²) in [7, 11) is 0. The van der Waals surface area contributed by atoms with Crippen LogP contribution >= 0.6 is 24.0 Å². The lowest BCUT2D eigenvalue weighted by Crippen LogP contribution is -2.29. The van der Waals surface area contributed by atoms with Crippen LogP contribution in [0.4, 0.5) is 0 Å². The number of amides is 1. The summed E-state index contributed by atoms with van der Waals surface area (Å²) >= 11 is 6.36. The Hall–Kier alpha value is -1.14. The SMILES string of the molecule is C=C(C=C1SC(=S)N(CCCC(=O)O)C1=O)CC. The zero-order valence-electron chi connectivity index (χ0n) is 10.1. The molecule has 1 heterocycles. The summed E-state index contributed by atoms with van der Waals surface area (Å²) in [6.45, 7) is 6.14. The van der Waals surface area contributed by atoms with Gasteiger partial charge in [-0.3, -0.25) is 14.5 Å². The van der Waals surface area contributed by atoms with E-state index in [-0.39, 0.29) is 12.3 Å². The van der Waals surface area contributed by atoms with Crippen molar-refractivity contribution in [3.05, 3.63) is 23.1 Å². The lowest BCUT2D eigenvalue weighted by Gasteiger charge is -2.13. The highest BCUT2D eigenvalue weighted by molar-refractivity contribution is 8.26. The van der Waals surface area contributed by atoms with E-state index in [1.165, 1.54) is 16.7 Å². The average molecular weight is 285 g/mol. The van der Waals surface area contributed by atoms with Gasteiger partial charge in [0.25, 0.3) is 5.91 Å². The molecule has 0 saturated carbocycles. The second-order valence-electron chi connectivity index (χ2n) is 3.84. The fourth-order valence-electron chi connectivity index (χ4n) is 1.37. The Morgan fingerprint density at radius 3 is 2.83 bits per heavy atom. The largest absolute Gasteiger partial charge is 0.481 e. The number of hydrogen-bond acceptors (Lipinski definition) is 4. The second-order valence-corrected chi connectivity index (χ2v) is 5.52. The molecule has 0 atom stereocenters. The highest BCUT2D eigenvalue weighted by Gasteiger charge is 2.31. The highest BCUT2D eigenvalue weighted by atomic mass is 32.2. The number of carbonyl (C=O) groups excluding carboxylic acids is 1. The van der Waals surface area contributed by atoms with Gasteiger partial charge in [0.15, 0.2) is 0 Å². The van der Waals surface area contributed by atoms with Gasteiger partial charge < -0.3 is 5.11 Å². The summed E-state index contributed by atoms with van der Waals surface area (Å²) in [5, 5.41) is 8.56. The molecule has 18 heavy (non-hydrogen) atoms. The molecular weight excluding hydrogens is 270 g/mol. The number of carbonyl (C=O) groups is 2. The zero-order chi connectivity index (χ0) is 13.7. The van der Waals surface area contributed by atoms with E-state index >= 15 is 0 Å². The number of allylic oxidation sites excluding steroid dienone is 2. The van der Waals surface area contributed by atoms with Crippen molar-refractivity contribution in [3.63, 3.8) is 0 Å². The molecule has 0 aromatic heterocycles. The molecule has 0 aromatic rings. The van der Waals surface area contributed by atoms with Crippen LogP contribution in [0.2, 0.25) is 0 Å². The monoisotopic (exact) mass is 285 g/mol. The Morgan fingerprint density at radius 1 is 1.61 bits per heavy atom. The molecular formula is C12H15NO3S2. The minimum Gasteiger partial charge on any atom is -0.481 e. The third-order valence-electron chi connectivity index (χ3n) is 2.44. The first-order valence-corrected chi connectivity index (χ1v) is 6.83. The van der Waals surface area contributed by atoms with Gasteiger partial charge in [-0.1, -0.05) is 43.1 Å². The van der Waals surface area contributed by atoms with Gasteiger partial charge in [-0.15, -0.1) is 0 Å². The van der Waals surface area contributed by atoms with Crippen LogP contribution in [0.1, 0.15) is 26.2 Å². The molecule has 98 valence electrons. The van der Waals surface area contributed by atoms with Gasteiger partial charge in [0.1, 0.15) is 4.32 Å². The first-order valence-electron chi connectivity index (χ1n) is 5.60. The van der Waals surface area contributed by atoms with Crippen LogP contribution in [0.25, 0.3) is 0 Å². The van der Waals surface area contributed by atoms with Crippen LogP contribution in [-0.4, -0.2) is 32.7 Å². The first kappa shape index (κ1) is 14.9. The van der Waals surface area contributed by atoms with Crippen LogP contribution in [0.15, 0.2) is 23.1 Å². The lowest BCUT2D eigenvalue weighted by molar-refractivity contribution is -0.137. The topological polar surface area (TPSA) is 57.6 Å². The van der Waals surface area contributed by atoms with Gasteiger partial charge in [0.05, 0.1) is 4.91 Å². The van der Waals surface area contributed by atoms with Crippen LogP contribution in [0.3, 0.4) is 0 Å². The fourth-order valence-corrected chi connectivity index (χ4v) is 2.71. The van der Waals surface area contributed by atoms with Crippen molar-refractivity contribution in [2.24, 2.45) is 0 Å². The molecule has 1 N–H and O–H groups in total. The van der Waals surface area contributed by atoms with Gasteiger partial charge in [0, 0.05) is 13.0 Å². The maximum absolute atomic E-state index is 12.0. The number of aliphatic carboxylic acids is 1. The van der Waals surface area contributed by atoms with Gasteiger partial charge in [-0.2, -0.15) is 0 Å². The smallest absolute Gasteiger partial charge is 0.303 e. The Morgan fingerprint density at radius 2 is 2.28 bits per heavy atom. The van der Waals surface area contributed by atoms with Crippen LogP contribution in [0, 0.1) is 0 Å².